The number of amides is 1. The molecule has 0 saturated carbocycles. The molecule has 0 saturated heterocycles. The van der Waals surface area contributed by atoms with E-state index in [9.17, 15) is 4.79 Å². The van der Waals surface area contributed by atoms with Crippen molar-refractivity contribution in [2.24, 2.45) is 0 Å². The van der Waals surface area contributed by atoms with Crippen LogP contribution in [0, 0.1) is 0 Å². The summed E-state index contributed by atoms with van der Waals surface area (Å²) in [5.74, 6) is 0.589. The van der Waals surface area contributed by atoms with E-state index in [-0.39, 0.29) is 12.5 Å². The van der Waals surface area contributed by atoms with Gasteiger partial charge in [0.05, 0.1) is 23.9 Å². The Hall–Kier alpha value is -2.24. The highest BCUT2D eigenvalue weighted by Gasteiger charge is 2.05. The number of methoxy groups -OCH3 is 1. The van der Waals surface area contributed by atoms with Crippen LogP contribution in [0.3, 0.4) is 0 Å². The maximum atomic E-state index is 11.9. The standard InChI is InChI=1S/C17H19ClN2O3/c1-22-10-11-23-14-8-6-13(7-9-14)19-12-17(21)20-16-5-3-2-4-15(16)18/h2-9,19H,10-12H2,1H3,(H,20,21). The molecule has 0 fully saturated rings. The zero-order valence-corrected chi connectivity index (χ0v) is 13.6. The van der Waals surface area contributed by atoms with E-state index < -0.39 is 0 Å². The first-order chi connectivity index (χ1) is 11.2. The number of halogens is 1. The largest absolute Gasteiger partial charge is 0.491 e. The van der Waals surface area contributed by atoms with Crippen molar-refractivity contribution in [3.63, 3.8) is 0 Å². The highest BCUT2D eigenvalue weighted by Crippen LogP contribution is 2.20. The Labute approximate surface area is 140 Å². The van der Waals surface area contributed by atoms with E-state index >= 15 is 0 Å². The Morgan fingerprint density at radius 3 is 2.52 bits per heavy atom. The van der Waals surface area contributed by atoms with E-state index in [1.165, 1.54) is 0 Å². The van der Waals surface area contributed by atoms with Crippen molar-refractivity contribution < 1.29 is 14.3 Å². The minimum atomic E-state index is -0.168. The lowest BCUT2D eigenvalue weighted by Gasteiger charge is -2.10. The van der Waals surface area contributed by atoms with Gasteiger partial charge in [0.2, 0.25) is 5.91 Å². The van der Waals surface area contributed by atoms with Crippen LogP contribution in [0.1, 0.15) is 0 Å². The summed E-state index contributed by atoms with van der Waals surface area (Å²) in [6, 6.07) is 14.5. The van der Waals surface area contributed by atoms with Gasteiger partial charge >= 0.3 is 0 Å². The maximum Gasteiger partial charge on any atom is 0.243 e. The van der Waals surface area contributed by atoms with Gasteiger partial charge in [-0.3, -0.25) is 4.79 Å². The van der Waals surface area contributed by atoms with Crippen molar-refractivity contribution in [1.82, 2.24) is 0 Å². The van der Waals surface area contributed by atoms with E-state index in [4.69, 9.17) is 21.1 Å². The van der Waals surface area contributed by atoms with Crippen LogP contribution in [0.2, 0.25) is 5.02 Å². The minimum Gasteiger partial charge on any atom is -0.491 e. The SMILES string of the molecule is COCCOc1ccc(NCC(=O)Nc2ccccc2Cl)cc1. The van der Waals surface area contributed by atoms with Gasteiger partial charge in [-0.15, -0.1) is 0 Å². The highest BCUT2D eigenvalue weighted by molar-refractivity contribution is 6.33. The van der Waals surface area contributed by atoms with Gasteiger partial charge in [-0.1, -0.05) is 23.7 Å². The molecule has 0 radical (unpaired) electrons. The summed E-state index contributed by atoms with van der Waals surface area (Å²) < 4.78 is 10.4. The van der Waals surface area contributed by atoms with E-state index in [0.717, 1.165) is 11.4 Å². The number of hydrogen-bond acceptors (Lipinski definition) is 4. The van der Waals surface area contributed by atoms with Crippen molar-refractivity contribution in [3.05, 3.63) is 53.6 Å². The molecule has 0 atom stereocenters. The second kappa shape index (κ2) is 9.02. The molecule has 23 heavy (non-hydrogen) atoms. The number of ether oxygens (including phenoxy) is 2. The molecule has 5 nitrogen and oxygen atoms in total. The van der Waals surface area contributed by atoms with Crippen LogP contribution in [0.5, 0.6) is 5.75 Å². The van der Waals surface area contributed by atoms with Crippen LogP contribution in [-0.4, -0.2) is 32.8 Å². The summed E-state index contributed by atoms with van der Waals surface area (Å²) in [5.41, 5.74) is 1.43. The molecule has 0 heterocycles. The maximum absolute atomic E-state index is 11.9. The first-order valence-electron chi connectivity index (χ1n) is 7.19. The summed E-state index contributed by atoms with van der Waals surface area (Å²) in [4.78, 5) is 11.9. The molecule has 0 aromatic heterocycles. The molecule has 2 rings (SSSR count). The molecule has 6 heteroatoms. The lowest BCUT2D eigenvalue weighted by atomic mass is 10.3. The number of rotatable bonds is 8. The lowest BCUT2D eigenvalue weighted by molar-refractivity contribution is -0.114. The average Bonchev–Trinajstić information content (AvgIpc) is 2.56. The van der Waals surface area contributed by atoms with Gasteiger partial charge in [-0.25, -0.2) is 0 Å². The number of carbonyl (C=O) groups excluding carboxylic acids is 1. The fourth-order valence-electron chi connectivity index (χ4n) is 1.85. The first kappa shape index (κ1) is 17.1. The molecule has 0 spiro atoms. The van der Waals surface area contributed by atoms with Crippen molar-refractivity contribution in [3.8, 4) is 5.75 Å². The topological polar surface area (TPSA) is 59.6 Å². The second-order valence-electron chi connectivity index (χ2n) is 4.75. The number of hydrogen-bond donors (Lipinski definition) is 2. The van der Waals surface area contributed by atoms with Gasteiger partial charge in [0, 0.05) is 12.8 Å². The third-order valence-electron chi connectivity index (χ3n) is 3.01. The molecule has 0 aliphatic rings. The monoisotopic (exact) mass is 334 g/mol. The predicted molar refractivity (Wildman–Crippen MR) is 92.4 cm³/mol. The number of anilines is 2. The summed E-state index contributed by atoms with van der Waals surface area (Å²) >= 11 is 6.00. The molecule has 122 valence electrons. The van der Waals surface area contributed by atoms with E-state index in [1.807, 2.05) is 36.4 Å². The molecule has 0 aliphatic carbocycles. The zero-order chi connectivity index (χ0) is 16.5. The fraction of sp³-hybridized carbons (Fsp3) is 0.235. The molecule has 0 bridgehead atoms. The summed E-state index contributed by atoms with van der Waals surface area (Å²) in [5, 5.41) is 6.31. The Balaban J connectivity index is 1.79. The predicted octanol–water partition coefficient (Wildman–Crippen LogP) is 3.42. The van der Waals surface area contributed by atoms with Gasteiger partial charge in [-0.2, -0.15) is 0 Å². The van der Waals surface area contributed by atoms with Crippen LogP contribution in [0.25, 0.3) is 0 Å². The Morgan fingerprint density at radius 1 is 1.09 bits per heavy atom. The van der Waals surface area contributed by atoms with Gasteiger partial charge in [0.15, 0.2) is 0 Å². The molecule has 1 amide bonds. The van der Waals surface area contributed by atoms with E-state index in [1.54, 1.807) is 19.2 Å². The minimum absolute atomic E-state index is 0.148. The van der Waals surface area contributed by atoms with Gasteiger partial charge < -0.3 is 20.1 Å². The number of para-hydroxylation sites is 1. The van der Waals surface area contributed by atoms with Crippen LogP contribution in [-0.2, 0) is 9.53 Å². The van der Waals surface area contributed by atoms with Crippen LogP contribution in [0.4, 0.5) is 11.4 Å². The van der Waals surface area contributed by atoms with E-state index in [0.29, 0.717) is 23.9 Å². The van der Waals surface area contributed by atoms with Crippen molar-refractivity contribution in [2.75, 3.05) is 37.5 Å². The van der Waals surface area contributed by atoms with Crippen molar-refractivity contribution in [2.45, 2.75) is 0 Å². The van der Waals surface area contributed by atoms with Crippen LogP contribution >= 0.6 is 11.6 Å². The quantitative estimate of drug-likeness (QED) is 0.726. The molecular formula is C17H19ClN2O3. The summed E-state index contributed by atoms with van der Waals surface area (Å²) in [6.45, 7) is 1.20. The highest BCUT2D eigenvalue weighted by atomic mass is 35.5. The summed E-state index contributed by atoms with van der Waals surface area (Å²) in [7, 11) is 1.63. The molecule has 2 N–H and O–H groups in total. The molecule has 2 aromatic rings. The van der Waals surface area contributed by atoms with Gasteiger partial charge in [0.1, 0.15) is 12.4 Å². The molecule has 0 unspecified atom stereocenters. The summed E-state index contributed by atoms with van der Waals surface area (Å²) in [6.07, 6.45) is 0. The van der Waals surface area contributed by atoms with Crippen molar-refractivity contribution >= 4 is 28.9 Å². The third kappa shape index (κ3) is 5.81. The van der Waals surface area contributed by atoms with Crippen LogP contribution < -0.4 is 15.4 Å². The molecule has 2 aromatic carbocycles. The number of nitrogens with one attached hydrogen (secondary N) is 2. The van der Waals surface area contributed by atoms with Gasteiger partial charge in [-0.05, 0) is 36.4 Å². The Bertz CT molecular complexity index is 632. The number of benzene rings is 2. The van der Waals surface area contributed by atoms with E-state index in [2.05, 4.69) is 10.6 Å². The Morgan fingerprint density at radius 2 is 1.83 bits per heavy atom. The first-order valence-corrected chi connectivity index (χ1v) is 7.57. The normalized spacial score (nSPS) is 10.2. The fourth-order valence-corrected chi connectivity index (χ4v) is 2.03. The Kier molecular flexibility index (Phi) is 6.72. The molecule has 0 aliphatic heterocycles. The second-order valence-corrected chi connectivity index (χ2v) is 5.15. The van der Waals surface area contributed by atoms with Crippen LogP contribution in [0.15, 0.2) is 48.5 Å². The average molecular weight is 335 g/mol. The molecular weight excluding hydrogens is 316 g/mol. The zero-order valence-electron chi connectivity index (χ0n) is 12.8. The van der Waals surface area contributed by atoms with Gasteiger partial charge in [0.25, 0.3) is 0 Å². The van der Waals surface area contributed by atoms with Crippen molar-refractivity contribution in [1.29, 1.82) is 0 Å². The smallest absolute Gasteiger partial charge is 0.243 e. The lowest BCUT2D eigenvalue weighted by Crippen LogP contribution is -2.21. The third-order valence-corrected chi connectivity index (χ3v) is 3.34. The number of carbonyl (C=O) groups is 1.